The van der Waals surface area contributed by atoms with E-state index in [4.69, 9.17) is 5.73 Å². The van der Waals surface area contributed by atoms with Crippen LogP contribution < -0.4 is 5.73 Å². The van der Waals surface area contributed by atoms with Crippen molar-refractivity contribution in [3.05, 3.63) is 54.3 Å². The van der Waals surface area contributed by atoms with Crippen molar-refractivity contribution >= 4 is 22.9 Å². The van der Waals surface area contributed by atoms with Crippen LogP contribution in [-0.4, -0.2) is 10.5 Å². The van der Waals surface area contributed by atoms with Gasteiger partial charge in [-0.2, -0.15) is 0 Å². The molecule has 3 nitrogen and oxygen atoms in total. The average molecular weight is 240 g/mol. The molecule has 1 heterocycles. The van der Waals surface area contributed by atoms with Gasteiger partial charge in [-0.3, -0.25) is 4.79 Å². The largest absolute Gasteiger partial charge is 0.366 e. The predicted octanol–water partition coefficient (Wildman–Crippen LogP) is 2.63. The van der Waals surface area contributed by atoms with E-state index in [1.54, 1.807) is 6.08 Å². The van der Waals surface area contributed by atoms with E-state index in [-0.39, 0.29) is 0 Å². The molecule has 2 aromatic rings. The van der Waals surface area contributed by atoms with Crippen LogP contribution in [0.3, 0.4) is 0 Å². The molecule has 1 aromatic heterocycles. The number of nitrogens with zero attached hydrogens (tertiary/aromatic N) is 1. The van der Waals surface area contributed by atoms with Gasteiger partial charge in [0.25, 0.3) is 0 Å². The van der Waals surface area contributed by atoms with Crippen molar-refractivity contribution in [2.75, 3.05) is 0 Å². The Morgan fingerprint density at radius 2 is 2.17 bits per heavy atom. The molecular weight excluding hydrogens is 224 g/mol. The van der Waals surface area contributed by atoms with Gasteiger partial charge < -0.3 is 10.3 Å². The van der Waals surface area contributed by atoms with E-state index < -0.39 is 5.91 Å². The molecule has 1 aromatic carbocycles. The lowest BCUT2D eigenvalue weighted by atomic mass is 10.1. The lowest BCUT2D eigenvalue weighted by Crippen LogP contribution is -2.05. The third-order valence-electron chi connectivity index (χ3n) is 3.01. The highest BCUT2D eigenvalue weighted by molar-refractivity contribution is 5.96. The summed E-state index contributed by atoms with van der Waals surface area (Å²) in [5.74, 6) is -0.435. The van der Waals surface area contributed by atoms with Gasteiger partial charge in [0.15, 0.2) is 0 Å². The molecule has 0 atom stereocenters. The van der Waals surface area contributed by atoms with Crippen molar-refractivity contribution in [3.63, 3.8) is 0 Å². The summed E-state index contributed by atoms with van der Waals surface area (Å²) in [5.41, 5.74) is 8.43. The number of rotatable bonds is 4. The normalized spacial score (nSPS) is 11.2. The molecule has 0 unspecified atom stereocenters. The minimum atomic E-state index is -0.435. The quantitative estimate of drug-likeness (QED) is 0.648. The number of primary amides is 1. The number of benzene rings is 1. The number of nitrogens with two attached hydrogens (primary N) is 1. The summed E-state index contributed by atoms with van der Waals surface area (Å²) in [7, 11) is 0. The SMILES string of the molecule is C=CCn1c(C)c(/C=C/C(N)=O)c2ccccc21. The van der Waals surface area contributed by atoms with Gasteiger partial charge in [-0.15, -0.1) is 6.58 Å². The summed E-state index contributed by atoms with van der Waals surface area (Å²) in [6.07, 6.45) is 5.04. The minimum Gasteiger partial charge on any atom is -0.366 e. The molecule has 0 bridgehead atoms. The van der Waals surface area contributed by atoms with Gasteiger partial charge in [0, 0.05) is 34.8 Å². The van der Waals surface area contributed by atoms with Crippen LogP contribution in [0.25, 0.3) is 17.0 Å². The molecule has 18 heavy (non-hydrogen) atoms. The second-order valence-corrected chi connectivity index (χ2v) is 4.15. The van der Waals surface area contributed by atoms with E-state index in [1.807, 2.05) is 31.2 Å². The highest BCUT2D eigenvalue weighted by Gasteiger charge is 2.10. The second kappa shape index (κ2) is 4.92. The lowest BCUT2D eigenvalue weighted by molar-refractivity contribution is -0.113. The van der Waals surface area contributed by atoms with Crippen molar-refractivity contribution in [2.24, 2.45) is 5.73 Å². The van der Waals surface area contributed by atoms with Crippen LogP contribution >= 0.6 is 0 Å². The maximum atomic E-state index is 10.9. The average Bonchev–Trinajstić information content (AvgIpc) is 2.61. The fraction of sp³-hybridized carbons (Fsp3) is 0.133. The molecule has 0 saturated carbocycles. The first kappa shape index (κ1) is 12.2. The summed E-state index contributed by atoms with van der Waals surface area (Å²) in [4.78, 5) is 10.9. The smallest absolute Gasteiger partial charge is 0.241 e. The predicted molar refractivity (Wildman–Crippen MR) is 75.1 cm³/mol. The Morgan fingerprint density at radius 1 is 1.44 bits per heavy atom. The molecule has 0 aliphatic rings. The van der Waals surface area contributed by atoms with E-state index in [0.717, 1.165) is 28.7 Å². The topological polar surface area (TPSA) is 48.0 Å². The van der Waals surface area contributed by atoms with E-state index in [1.165, 1.54) is 6.08 Å². The Morgan fingerprint density at radius 3 is 2.83 bits per heavy atom. The number of para-hydroxylation sites is 1. The number of carbonyl (C=O) groups is 1. The Hall–Kier alpha value is -2.29. The molecule has 0 spiro atoms. The number of fused-ring (bicyclic) bond motifs is 1. The third-order valence-corrected chi connectivity index (χ3v) is 3.01. The number of amides is 1. The zero-order valence-electron chi connectivity index (χ0n) is 10.4. The molecular formula is C15H16N2O. The summed E-state index contributed by atoms with van der Waals surface area (Å²) >= 11 is 0. The zero-order valence-corrected chi connectivity index (χ0v) is 10.4. The molecule has 92 valence electrons. The Balaban J connectivity index is 2.68. The van der Waals surface area contributed by atoms with Crippen molar-refractivity contribution in [3.8, 4) is 0 Å². The molecule has 0 fully saturated rings. The maximum Gasteiger partial charge on any atom is 0.241 e. The van der Waals surface area contributed by atoms with Gasteiger partial charge in [-0.1, -0.05) is 24.3 Å². The van der Waals surface area contributed by atoms with Crippen molar-refractivity contribution in [1.29, 1.82) is 0 Å². The van der Waals surface area contributed by atoms with Crippen molar-refractivity contribution in [1.82, 2.24) is 4.57 Å². The lowest BCUT2D eigenvalue weighted by Gasteiger charge is -2.03. The molecule has 0 saturated heterocycles. The molecule has 0 radical (unpaired) electrons. The van der Waals surface area contributed by atoms with Crippen LogP contribution in [0, 0.1) is 6.92 Å². The van der Waals surface area contributed by atoms with Crippen molar-refractivity contribution in [2.45, 2.75) is 13.5 Å². The van der Waals surface area contributed by atoms with Gasteiger partial charge in [0.05, 0.1) is 0 Å². The zero-order chi connectivity index (χ0) is 13.1. The monoisotopic (exact) mass is 240 g/mol. The number of aromatic nitrogens is 1. The first-order valence-corrected chi connectivity index (χ1v) is 5.81. The molecule has 0 aliphatic heterocycles. The van der Waals surface area contributed by atoms with Gasteiger partial charge in [-0.05, 0) is 19.1 Å². The first-order chi connectivity index (χ1) is 8.65. The number of carbonyl (C=O) groups excluding carboxylic acids is 1. The van der Waals surface area contributed by atoms with Crippen LogP contribution in [0.15, 0.2) is 43.0 Å². The van der Waals surface area contributed by atoms with Gasteiger partial charge >= 0.3 is 0 Å². The number of allylic oxidation sites excluding steroid dienone is 1. The van der Waals surface area contributed by atoms with Crippen LogP contribution in [0.1, 0.15) is 11.3 Å². The molecule has 1 amide bonds. The molecule has 0 aliphatic carbocycles. The van der Waals surface area contributed by atoms with E-state index in [0.29, 0.717) is 0 Å². The Kier molecular flexibility index (Phi) is 3.33. The number of hydrogen-bond donors (Lipinski definition) is 1. The highest BCUT2D eigenvalue weighted by Crippen LogP contribution is 2.26. The Bertz CT molecular complexity index is 635. The summed E-state index contributed by atoms with van der Waals surface area (Å²) in [5, 5.41) is 1.12. The molecule has 2 rings (SSSR count). The second-order valence-electron chi connectivity index (χ2n) is 4.15. The van der Waals surface area contributed by atoms with Crippen LogP contribution in [-0.2, 0) is 11.3 Å². The van der Waals surface area contributed by atoms with E-state index >= 15 is 0 Å². The summed E-state index contributed by atoms with van der Waals surface area (Å²) < 4.78 is 2.17. The van der Waals surface area contributed by atoms with Crippen LogP contribution in [0.4, 0.5) is 0 Å². The standard InChI is InChI=1S/C15H16N2O/c1-3-10-17-11(2)12(8-9-15(16)18)13-6-4-5-7-14(13)17/h3-9H,1,10H2,2H3,(H2,16,18)/b9-8+. The van der Waals surface area contributed by atoms with Crippen LogP contribution in [0.5, 0.6) is 0 Å². The van der Waals surface area contributed by atoms with Crippen LogP contribution in [0.2, 0.25) is 0 Å². The third kappa shape index (κ3) is 2.07. The van der Waals surface area contributed by atoms with Gasteiger partial charge in [-0.25, -0.2) is 0 Å². The fourth-order valence-electron chi connectivity index (χ4n) is 2.20. The highest BCUT2D eigenvalue weighted by atomic mass is 16.1. The van der Waals surface area contributed by atoms with E-state index in [9.17, 15) is 4.79 Å². The van der Waals surface area contributed by atoms with E-state index in [2.05, 4.69) is 17.2 Å². The maximum absolute atomic E-state index is 10.9. The summed E-state index contributed by atoms with van der Waals surface area (Å²) in [6, 6.07) is 8.10. The van der Waals surface area contributed by atoms with Crippen molar-refractivity contribution < 1.29 is 4.79 Å². The molecule has 2 N–H and O–H groups in total. The van der Waals surface area contributed by atoms with Gasteiger partial charge in [0.2, 0.25) is 5.91 Å². The first-order valence-electron chi connectivity index (χ1n) is 5.81. The molecule has 3 heteroatoms. The summed E-state index contributed by atoms with van der Waals surface area (Å²) in [6.45, 7) is 6.55. The fourth-order valence-corrected chi connectivity index (χ4v) is 2.20. The van der Waals surface area contributed by atoms with Gasteiger partial charge in [0.1, 0.15) is 0 Å². The minimum absolute atomic E-state index is 0.435. The Labute approximate surface area is 106 Å². The number of hydrogen-bond acceptors (Lipinski definition) is 1.